The number of nitrogens with zero attached hydrogens (tertiary/aromatic N) is 3. The summed E-state index contributed by atoms with van der Waals surface area (Å²) in [4.78, 5) is 23.9. The van der Waals surface area contributed by atoms with Gasteiger partial charge >= 0.3 is 0 Å². The Morgan fingerprint density at radius 3 is 2.81 bits per heavy atom. The number of hydrogen-bond acceptors (Lipinski definition) is 5. The highest BCUT2D eigenvalue weighted by Gasteiger charge is 2.13. The van der Waals surface area contributed by atoms with Crippen LogP contribution in [0.3, 0.4) is 0 Å². The molecule has 1 N–H and O–H groups in total. The first-order valence-corrected chi connectivity index (χ1v) is 9.13. The zero-order valence-electron chi connectivity index (χ0n) is 15.3. The number of anilines is 1. The quantitative estimate of drug-likeness (QED) is 0.773. The number of carbonyl (C=O) groups excluding carboxylic acids is 1. The van der Waals surface area contributed by atoms with Crippen molar-refractivity contribution >= 4 is 22.6 Å². The van der Waals surface area contributed by atoms with Gasteiger partial charge in [0.05, 0.1) is 31.0 Å². The van der Waals surface area contributed by atoms with E-state index in [1.165, 1.54) is 0 Å². The minimum Gasteiger partial charge on any atom is -0.378 e. The van der Waals surface area contributed by atoms with E-state index in [1.54, 1.807) is 0 Å². The zero-order chi connectivity index (χ0) is 18.6. The fourth-order valence-corrected chi connectivity index (χ4v) is 3.18. The predicted molar refractivity (Wildman–Crippen MR) is 105 cm³/mol. The van der Waals surface area contributed by atoms with E-state index in [0.717, 1.165) is 54.4 Å². The summed E-state index contributed by atoms with van der Waals surface area (Å²) in [5.41, 5.74) is 3.32. The molecule has 6 heteroatoms. The minimum atomic E-state index is -0.115. The van der Waals surface area contributed by atoms with E-state index in [9.17, 15) is 4.79 Å². The highest BCUT2D eigenvalue weighted by atomic mass is 16.5. The van der Waals surface area contributed by atoms with E-state index in [0.29, 0.717) is 12.1 Å². The van der Waals surface area contributed by atoms with Crippen molar-refractivity contribution in [2.75, 3.05) is 31.2 Å². The summed E-state index contributed by atoms with van der Waals surface area (Å²) in [7, 11) is 0. The Hall–Kier alpha value is -2.99. The molecule has 0 spiro atoms. The maximum absolute atomic E-state index is 12.5. The molecule has 1 amide bonds. The number of ether oxygens (including phenoxy) is 1. The topological polar surface area (TPSA) is 67.4 Å². The third-order valence-corrected chi connectivity index (χ3v) is 4.65. The number of aromatic nitrogens is 2. The summed E-state index contributed by atoms with van der Waals surface area (Å²) in [6, 6.07) is 15.4. The molecule has 0 radical (unpaired) electrons. The van der Waals surface area contributed by atoms with Crippen molar-refractivity contribution in [3.8, 4) is 0 Å². The van der Waals surface area contributed by atoms with Gasteiger partial charge in [0.15, 0.2) is 0 Å². The number of pyridine rings is 2. The van der Waals surface area contributed by atoms with Crippen LogP contribution in [-0.2, 0) is 11.3 Å². The second-order valence-corrected chi connectivity index (χ2v) is 6.63. The molecule has 0 unspecified atom stereocenters. The molecule has 1 fully saturated rings. The lowest BCUT2D eigenvalue weighted by Gasteiger charge is -2.28. The van der Waals surface area contributed by atoms with Crippen LogP contribution < -0.4 is 10.2 Å². The van der Waals surface area contributed by atoms with E-state index in [1.807, 2.05) is 55.5 Å². The summed E-state index contributed by atoms with van der Waals surface area (Å²) in [5.74, 6) is 0.813. The van der Waals surface area contributed by atoms with Crippen LogP contribution in [0.2, 0.25) is 0 Å². The van der Waals surface area contributed by atoms with E-state index >= 15 is 0 Å². The van der Waals surface area contributed by atoms with E-state index < -0.39 is 0 Å². The number of carbonyl (C=O) groups is 1. The molecule has 2 aromatic heterocycles. The maximum Gasteiger partial charge on any atom is 0.251 e. The molecule has 6 nitrogen and oxygen atoms in total. The van der Waals surface area contributed by atoms with Gasteiger partial charge in [0.25, 0.3) is 5.91 Å². The smallest absolute Gasteiger partial charge is 0.251 e. The molecule has 0 bridgehead atoms. The summed E-state index contributed by atoms with van der Waals surface area (Å²) < 4.78 is 5.39. The number of rotatable bonds is 4. The fourth-order valence-electron chi connectivity index (χ4n) is 3.18. The third kappa shape index (κ3) is 4.06. The first-order valence-electron chi connectivity index (χ1n) is 9.13. The molecule has 0 aliphatic carbocycles. The van der Waals surface area contributed by atoms with Crippen molar-refractivity contribution in [3.63, 3.8) is 0 Å². The Kier molecular flexibility index (Phi) is 4.98. The monoisotopic (exact) mass is 362 g/mol. The van der Waals surface area contributed by atoms with Crippen LogP contribution in [0.1, 0.15) is 21.7 Å². The molecule has 3 heterocycles. The van der Waals surface area contributed by atoms with Gasteiger partial charge in [0.1, 0.15) is 5.82 Å². The zero-order valence-corrected chi connectivity index (χ0v) is 15.3. The van der Waals surface area contributed by atoms with Gasteiger partial charge in [0.2, 0.25) is 0 Å². The molecule has 4 rings (SSSR count). The van der Waals surface area contributed by atoms with Gasteiger partial charge in [-0.2, -0.15) is 0 Å². The number of nitrogens with one attached hydrogen (secondary N) is 1. The average molecular weight is 362 g/mol. The van der Waals surface area contributed by atoms with Crippen LogP contribution in [-0.4, -0.2) is 42.2 Å². The molecule has 1 aliphatic heterocycles. The second-order valence-electron chi connectivity index (χ2n) is 6.63. The van der Waals surface area contributed by atoms with Crippen LogP contribution in [0.4, 0.5) is 5.82 Å². The standard InChI is InChI=1S/C21H22N4O2/c1-15-5-6-16-13-17(7-8-19(16)23-15)21(26)22-14-18-3-2-4-20(24-18)25-9-11-27-12-10-25/h2-8,13H,9-12,14H2,1H3,(H,22,26). The van der Waals surface area contributed by atoms with Gasteiger partial charge in [-0.3, -0.25) is 9.78 Å². The Morgan fingerprint density at radius 2 is 1.96 bits per heavy atom. The first kappa shape index (κ1) is 17.4. The molecule has 27 heavy (non-hydrogen) atoms. The van der Waals surface area contributed by atoms with Crippen molar-refractivity contribution in [2.45, 2.75) is 13.5 Å². The second kappa shape index (κ2) is 7.72. The van der Waals surface area contributed by atoms with Crippen LogP contribution in [0.15, 0.2) is 48.5 Å². The van der Waals surface area contributed by atoms with Crippen molar-refractivity contribution < 1.29 is 9.53 Å². The van der Waals surface area contributed by atoms with Crippen molar-refractivity contribution in [3.05, 3.63) is 65.5 Å². The van der Waals surface area contributed by atoms with Crippen molar-refractivity contribution in [2.24, 2.45) is 0 Å². The number of morpholine rings is 1. The van der Waals surface area contributed by atoms with E-state index in [4.69, 9.17) is 4.74 Å². The van der Waals surface area contributed by atoms with Gasteiger partial charge in [-0.05, 0) is 43.3 Å². The number of fused-ring (bicyclic) bond motifs is 1. The van der Waals surface area contributed by atoms with Crippen molar-refractivity contribution in [1.82, 2.24) is 15.3 Å². The summed E-state index contributed by atoms with van der Waals surface area (Å²) in [5, 5.41) is 3.92. The largest absolute Gasteiger partial charge is 0.378 e. The molecule has 0 saturated carbocycles. The molecule has 3 aromatic rings. The highest BCUT2D eigenvalue weighted by Crippen LogP contribution is 2.16. The van der Waals surface area contributed by atoms with Crippen LogP contribution in [0.5, 0.6) is 0 Å². The van der Waals surface area contributed by atoms with Gasteiger partial charge < -0.3 is 15.0 Å². The van der Waals surface area contributed by atoms with Gasteiger partial charge in [0, 0.05) is 29.7 Å². The van der Waals surface area contributed by atoms with E-state index in [2.05, 4.69) is 20.2 Å². The Balaban J connectivity index is 1.44. The average Bonchev–Trinajstić information content (AvgIpc) is 2.72. The lowest BCUT2D eigenvalue weighted by Crippen LogP contribution is -2.37. The minimum absolute atomic E-state index is 0.115. The maximum atomic E-state index is 12.5. The lowest BCUT2D eigenvalue weighted by molar-refractivity contribution is 0.0950. The van der Waals surface area contributed by atoms with Gasteiger partial charge in [-0.1, -0.05) is 12.1 Å². The molecule has 138 valence electrons. The summed E-state index contributed by atoms with van der Waals surface area (Å²) >= 11 is 0. The molecule has 1 saturated heterocycles. The Bertz CT molecular complexity index is 967. The molecule has 0 atom stereocenters. The first-order chi connectivity index (χ1) is 13.2. The Morgan fingerprint density at radius 1 is 1.11 bits per heavy atom. The molecule has 1 aliphatic rings. The van der Waals surface area contributed by atoms with E-state index in [-0.39, 0.29) is 5.91 Å². The van der Waals surface area contributed by atoms with Crippen LogP contribution in [0.25, 0.3) is 10.9 Å². The van der Waals surface area contributed by atoms with Crippen LogP contribution >= 0.6 is 0 Å². The number of hydrogen-bond donors (Lipinski definition) is 1. The van der Waals surface area contributed by atoms with Crippen LogP contribution in [0, 0.1) is 6.92 Å². The van der Waals surface area contributed by atoms with Gasteiger partial charge in [-0.25, -0.2) is 4.98 Å². The number of aryl methyl sites for hydroxylation is 1. The summed E-state index contributed by atoms with van der Waals surface area (Å²) in [6.45, 7) is 5.47. The molecular formula is C21H22N4O2. The third-order valence-electron chi connectivity index (χ3n) is 4.65. The molecular weight excluding hydrogens is 340 g/mol. The Labute approximate surface area is 158 Å². The van der Waals surface area contributed by atoms with Crippen molar-refractivity contribution in [1.29, 1.82) is 0 Å². The summed E-state index contributed by atoms with van der Waals surface area (Å²) in [6.07, 6.45) is 0. The normalized spacial score (nSPS) is 14.3. The molecule has 1 aromatic carbocycles. The SMILES string of the molecule is Cc1ccc2cc(C(=O)NCc3cccc(N4CCOCC4)n3)ccc2n1. The number of amides is 1. The lowest BCUT2D eigenvalue weighted by atomic mass is 10.1. The van der Waals surface area contributed by atoms with Gasteiger partial charge in [-0.15, -0.1) is 0 Å². The number of benzene rings is 1. The highest BCUT2D eigenvalue weighted by molar-refractivity contribution is 5.97. The predicted octanol–water partition coefficient (Wildman–Crippen LogP) is 2.70. The fraction of sp³-hybridized carbons (Fsp3) is 0.286.